The molecule has 0 aliphatic heterocycles. The van der Waals surface area contributed by atoms with E-state index in [1.807, 2.05) is 18.2 Å². The molecule has 4 aromatic rings. The van der Waals surface area contributed by atoms with Crippen molar-refractivity contribution in [3.05, 3.63) is 77.1 Å². The molecule has 38 heavy (non-hydrogen) atoms. The third-order valence-electron chi connectivity index (χ3n) is 6.42. The molecule has 4 rings (SSSR count). The van der Waals surface area contributed by atoms with Crippen LogP contribution in [-0.2, 0) is 13.0 Å². The second-order valence-electron chi connectivity index (χ2n) is 9.06. The van der Waals surface area contributed by atoms with E-state index in [4.69, 9.17) is 23.9 Å². The number of para-hydroxylation sites is 2. The van der Waals surface area contributed by atoms with Gasteiger partial charge in [0, 0.05) is 25.1 Å². The number of ether oxygens (including phenoxy) is 4. The number of hydrogen-bond acceptors (Lipinski definition) is 6. The smallest absolute Gasteiger partial charge is 0.251 e. The summed E-state index contributed by atoms with van der Waals surface area (Å²) in [4.78, 5) is 17.8. The lowest BCUT2D eigenvalue weighted by atomic mass is 10.1. The van der Waals surface area contributed by atoms with Gasteiger partial charge in [0.2, 0.25) is 5.75 Å². The minimum absolute atomic E-state index is 0.228. The van der Waals surface area contributed by atoms with E-state index in [9.17, 15) is 4.79 Å². The van der Waals surface area contributed by atoms with Crippen LogP contribution >= 0.6 is 0 Å². The van der Waals surface area contributed by atoms with E-state index in [1.165, 1.54) is 26.9 Å². The van der Waals surface area contributed by atoms with Crippen LogP contribution in [0.15, 0.2) is 54.6 Å². The summed E-state index contributed by atoms with van der Waals surface area (Å²) in [6.07, 6.45) is 1.42. The summed E-state index contributed by atoms with van der Waals surface area (Å²) in [5.41, 5.74) is 4.75. The van der Waals surface area contributed by atoms with Crippen molar-refractivity contribution < 1.29 is 23.7 Å². The number of rotatable bonds is 12. The molecule has 0 atom stereocenters. The zero-order valence-electron chi connectivity index (χ0n) is 22.7. The van der Waals surface area contributed by atoms with E-state index >= 15 is 0 Å². The van der Waals surface area contributed by atoms with Crippen molar-refractivity contribution in [3.8, 4) is 23.0 Å². The summed E-state index contributed by atoms with van der Waals surface area (Å²) < 4.78 is 24.4. The molecule has 200 valence electrons. The van der Waals surface area contributed by atoms with E-state index in [2.05, 4.69) is 48.0 Å². The van der Waals surface area contributed by atoms with E-state index in [1.54, 1.807) is 12.1 Å². The molecule has 1 aromatic heterocycles. The zero-order valence-corrected chi connectivity index (χ0v) is 22.7. The Kier molecular flexibility index (Phi) is 8.73. The average Bonchev–Trinajstić information content (AvgIpc) is 3.28. The van der Waals surface area contributed by atoms with Gasteiger partial charge in [-0.25, -0.2) is 4.98 Å². The summed E-state index contributed by atoms with van der Waals surface area (Å²) in [6.45, 7) is 5.92. The van der Waals surface area contributed by atoms with Crippen molar-refractivity contribution in [2.45, 2.75) is 33.2 Å². The number of hydrogen-bond donors (Lipinski definition) is 1. The van der Waals surface area contributed by atoms with Gasteiger partial charge in [0.05, 0.1) is 39.0 Å². The Labute approximate surface area is 223 Å². The molecular formula is C30H35N3O5. The van der Waals surface area contributed by atoms with Gasteiger partial charge in [-0.05, 0) is 61.7 Å². The second-order valence-corrected chi connectivity index (χ2v) is 9.06. The minimum Gasteiger partial charge on any atom is -0.493 e. The Morgan fingerprint density at radius 1 is 0.921 bits per heavy atom. The molecule has 0 fully saturated rings. The van der Waals surface area contributed by atoms with Crippen LogP contribution in [0.4, 0.5) is 0 Å². The lowest BCUT2D eigenvalue weighted by Gasteiger charge is -2.14. The van der Waals surface area contributed by atoms with Crippen LogP contribution in [0.1, 0.15) is 33.7 Å². The van der Waals surface area contributed by atoms with Crippen molar-refractivity contribution in [2.75, 3.05) is 34.5 Å². The highest BCUT2D eigenvalue weighted by molar-refractivity contribution is 5.95. The third-order valence-corrected chi connectivity index (χ3v) is 6.42. The Morgan fingerprint density at radius 2 is 1.66 bits per heavy atom. The first-order chi connectivity index (χ1) is 18.4. The van der Waals surface area contributed by atoms with Crippen LogP contribution in [0, 0.1) is 13.8 Å². The largest absolute Gasteiger partial charge is 0.493 e. The maximum Gasteiger partial charge on any atom is 0.251 e. The van der Waals surface area contributed by atoms with E-state index in [-0.39, 0.29) is 5.91 Å². The van der Waals surface area contributed by atoms with Gasteiger partial charge in [-0.1, -0.05) is 24.3 Å². The minimum atomic E-state index is -0.228. The molecule has 0 radical (unpaired) electrons. The van der Waals surface area contributed by atoms with Crippen molar-refractivity contribution >= 4 is 16.9 Å². The van der Waals surface area contributed by atoms with Crippen molar-refractivity contribution in [3.63, 3.8) is 0 Å². The number of methoxy groups -OCH3 is 3. The Bertz CT molecular complexity index is 1390. The predicted molar refractivity (Wildman–Crippen MR) is 148 cm³/mol. The lowest BCUT2D eigenvalue weighted by Crippen LogP contribution is -2.26. The number of carbonyl (C=O) groups is 1. The first-order valence-electron chi connectivity index (χ1n) is 12.7. The van der Waals surface area contributed by atoms with Crippen molar-refractivity contribution in [2.24, 2.45) is 0 Å². The molecule has 0 spiro atoms. The van der Waals surface area contributed by atoms with Gasteiger partial charge in [-0.15, -0.1) is 0 Å². The highest BCUT2D eigenvalue weighted by Gasteiger charge is 2.17. The van der Waals surface area contributed by atoms with Gasteiger partial charge >= 0.3 is 0 Å². The zero-order chi connectivity index (χ0) is 27.1. The number of carbonyl (C=O) groups excluding carboxylic acids is 1. The molecule has 0 bridgehead atoms. The quantitative estimate of drug-likeness (QED) is 0.263. The number of nitrogens with one attached hydrogen (secondary N) is 1. The molecule has 8 nitrogen and oxygen atoms in total. The van der Waals surface area contributed by atoms with Crippen LogP contribution in [0.3, 0.4) is 0 Å². The van der Waals surface area contributed by atoms with Crippen molar-refractivity contribution in [1.82, 2.24) is 14.9 Å². The Balaban J connectivity index is 1.41. The van der Waals surface area contributed by atoms with Crippen molar-refractivity contribution in [1.29, 1.82) is 0 Å². The maximum absolute atomic E-state index is 12.9. The average molecular weight is 518 g/mol. The van der Waals surface area contributed by atoms with Gasteiger partial charge in [0.15, 0.2) is 11.5 Å². The molecule has 1 N–H and O–H groups in total. The summed E-state index contributed by atoms with van der Waals surface area (Å²) in [6, 6.07) is 17.6. The molecule has 1 amide bonds. The second kappa shape index (κ2) is 12.4. The molecule has 0 saturated heterocycles. The topological polar surface area (TPSA) is 83.8 Å². The molecule has 8 heteroatoms. The van der Waals surface area contributed by atoms with E-state index < -0.39 is 0 Å². The predicted octanol–water partition coefficient (Wildman–Crippen LogP) is 5.12. The molecule has 0 unspecified atom stereocenters. The van der Waals surface area contributed by atoms with E-state index in [0.29, 0.717) is 42.4 Å². The van der Waals surface area contributed by atoms with E-state index in [0.717, 1.165) is 41.1 Å². The number of benzene rings is 3. The van der Waals surface area contributed by atoms with Crippen LogP contribution in [0.25, 0.3) is 11.0 Å². The molecule has 0 aliphatic rings. The van der Waals surface area contributed by atoms with Crippen LogP contribution in [0.2, 0.25) is 0 Å². The fraction of sp³-hybridized carbons (Fsp3) is 0.333. The number of aromatic nitrogens is 2. The van der Waals surface area contributed by atoms with Gasteiger partial charge in [0.1, 0.15) is 11.6 Å². The van der Waals surface area contributed by atoms with Gasteiger partial charge in [-0.2, -0.15) is 0 Å². The summed E-state index contributed by atoms with van der Waals surface area (Å²) in [7, 11) is 4.58. The number of nitrogens with zero attached hydrogens (tertiary/aromatic N) is 2. The lowest BCUT2D eigenvalue weighted by molar-refractivity contribution is 0.0953. The third kappa shape index (κ3) is 6.02. The SMILES string of the molecule is COc1cc(C(=O)NCCc2nc3ccccc3n2CCCOc2cc(C)ccc2C)cc(OC)c1OC. The molecule has 1 heterocycles. The monoisotopic (exact) mass is 517 g/mol. The maximum atomic E-state index is 12.9. The first-order valence-corrected chi connectivity index (χ1v) is 12.7. The first kappa shape index (κ1) is 26.9. The van der Waals surface area contributed by atoms with Crippen LogP contribution < -0.4 is 24.3 Å². The number of aryl methyl sites for hydroxylation is 3. The molecule has 3 aromatic carbocycles. The summed E-state index contributed by atoms with van der Waals surface area (Å²) in [5, 5.41) is 2.99. The Hall–Kier alpha value is -4.20. The Morgan fingerprint density at radius 3 is 2.37 bits per heavy atom. The number of imidazole rings is 1. The molecule has 0 aliphatic carbocycles. The number of fused-ring (bicyclic) bond motifs is 1. The highest BCUT2D eigenvalue weighted by atomic mass is 16.5. The fourth-order valence-electron chi connectivity index (χ4n) is 4.44. The summed E-state index contributed by atoms with van der Waals surface area (Å²) in [5.74, 6) is 2.93. The van der Waals surface area contributed by atoms with Gasteiger partial charge < -0.3 is 28.8 Å². The standard InChI is InChI=1S/C30H35N3O5/c1-20-11-12-21(2)25(17-20)38-16-8-15-33-24-10-7-6-9-23(24)32-28(33)13-14-31-30(34)22-18-26(35-3)29(37-5)27(19-22)36-4/h6-7,9-12,17-19H,8,13-16H2,1-5H3,(H,31,34). The highest BCUT2D eigenvalue weighted by Crippen LogP contribution is 2.38. The normalized spacial score (nSPS) is 10.9. The van der Waals surface area contributed by atoms with Gasteiger partial charge in [0.25, 0.3) is 5.91 Å². The molecule has 0 saturated carbocycles. The van der Waals surface area contributed by atoms with Crippen LogP contribution in [0.5, 0.6) is 23.0 Å². The van der Waals surface area contributed by atoms with Gasteiger partial charge in [-0.3, -0.25) is 4.79 Å². The summed E-state index contributed by atoms with van der Waals surface area (Å²) >= 11 is 0. The van der Waals surface area contributed by atoms with Crippen LogP contribution in [-0.4, -0.2) is 49.9 Å². The fourth-order valence-corrected chi connectivity index (χ4v) is 4.44. The molecular weight excluding hydrogens is 482 g/mol. The number of amides is 1.